The van der Waals surface area contributed by atoms with Crippen molar-refractivity contribution in [2.75, 3.05) is 14.2 Å². The van der Waals surface area contributed by atoms with Gasteiger partial charge in [-0.3, -0.25) is 4.79 Å². The topological polar surface area (TPSA) is 75.1 Å². The summed E-state index contributed by atoms with van der Waals surface area (Å²) in [6.45, 7) is 0. The van der Waals surface area contributed by atoms with Crippen molar-refractivity contribution in [3.63, 3.8) is 0 Å². The van der Waals surface area contributed by atoms with Crippen LogP contribution in [0.3, 0.4) is 0 Å². The zero-order valence-corrected chi connectivity index (χ0v) is 11.3. The molecule has 20 heavy (non-hydrogen) atoms. The van der Waals surface area contributed by atoms with Crippen molar-refractivity contribution in [3.8, 4) is 17.6 Å². The maximum Gasteiger partial charge on any atom is 0.202 e. The first kappa shape index (κ1) is 13.7. The van der Waals surface area contributed by atoms with Crippen LogP contribution in [-0.4, -0.2) is 19.2 Å². The summed E-state index contributed by atoms with van der Waals surface area (Å²) in [6.07, 6.45) is 3.44. The smallest absolute Gasteiger partial charge is 0.202 e. The van der Waals surface area contributed by atoms with E-state index in [2.05, 4.69) is 4.98 Å². The van der Waals surface area contributed by atoms with Gasteiger partial charge in [-0.1, -0.05) is 6.07 Å². The second-order valence-corrected chi connectivity index (χ2v) is 4.20. The van der Waals surface area contributed by atoms with Crippen molar-refractivity contribution in [3.05, 3.63) is 57.5 Å². The number of hydrogen-bond acceptors (Lipinski definition) is 4. The van der Waals surface area contributed by atoms with Crippen molar-refractivity contribution < 1.29 is 9.47 Å². The number of nitrogens with zero attached hydrogens (tertiary/aromatic N) is 1. The Balaban J connectivity index is 2.36. The van der Waals surface area contributed by atoms with Gasteiger partial charge in [0.25, 0.3) is 0 Å². The molecule has 5 nitrogen and oxygen atoms in total. The molecule has 0 aliphatic heterocycles. The summed E-state index contributed by atoms with van der Waals surface area (Å²) in [5, 5.41) is 8.85. The SMILES string of the molecule is COc1ccc(Cc2c[nH]cc(C#N)c2=O)cc1OC. The van der Waals surface area contributed by atoms with Gasteiger partial charge in [0.05, 0.1) is 14.2 Å². The van der Waals surface area contributed by atoms with Gasteiger partial charge < -0.3 is 14.5 Å². The molecular weight excluding hydrogens is 256 g/mol. The van der Waals surface area contributed by atoms with Gasteiger partial charge in [-0.05, 0) is 17.7 Å². The quantitative estimate of drug-likeness (QED) is 0.920. The van der Waals surface area contributed by atoms with E-state index in [1.165, 1.54) is 6.20 Å². The first-order chi connectivity index (χ1) is 9.69. The summed E-state index contributed by atoms with van der Waals surface area (Å²) >= 11 is 0. The van der Waals surface area contributed by atoms with E-state index in [-0.39, 0.29) is 11.0 Å². The fourth-order valence-electron chi connectivity index (χ4n) is 1.95. The summed E-state index contributed by atoms with van der Waals surface area (Å²) in [7, 11) is 3.13. The molecule has 0 bridgehead atoms. The lowest BCUT2D eigenvalue weighted by molar-refractivity contribution is 0.354. The second-order valence-electron chi connectivity index (χ2n) is 4.20. The molecule has 0 amide bonds. The van der Waals surface area contributed by atoms with Gasteiger partial charge >= 0.3 is 0 Å². The van der Waals surface area contributed by atoms with Crippen molar-refractivity contribution in [2.45, 2.75) is 6.42 Å². The standard InChI is InChI=1S/C15H14N2O3/c1-19-13-4-3-10(6-14(13)20-2)5-11-8-17-9-12(7-16)15(11)18/h3-4,6,8-9H,5H2,1-2H3,(H,17,18). The Morgan fingerprint density at radius 2 is 1.95 bits per heavy atom. The minimum absolute atomic E-state index is 0.114. The normalized spacial score (nSPS) is 9.85. The first-order valence-corrected chi connectivity index (χ1v) is 6.00. The molecule has 0 saturated carbocycles. The van der Waals surface area contributed by atoms with Crippen LogP contribution >= 0.6 is 0 Å². The van der Waals surface area contributed by atoms with Crippen molar-refractivity contribution in [1.82, 2.24) is 4.98 Å². The molecule has 1 heterocycles. The third-order valence-electron chi connectivity index (χ3n) is 2.98. The molecule has 1 aromatic carbocycles. The summed E-state index contributed by atoms with van der Waals surface area (Å²) in [5.74, 6) is 1.24. The molecule has 2 aromatic rings. The molecular formula is C15H14N2O3. The molecule has 0 atom stereocenters. The van der Waals surface area contributed by atoms with Gasteiger partial charge in [0.2, 0.25) is 5.43 Å². The Kier molecular flexibility index (Phi) is 4.06. The zero-order valence-electron chi connectivity index (χ0n) is 11.3. The van der Waals surface area contributed by atoms with Crippen LogP contribution in [0, 0.1) is 11.3 Å². The minimum atomic E-state index is -0.249. The van der Waals surface area contributed by atoms with Crippen LogP contribution in [0.5, 0.6) is 11.5 Å². The van der Waals surface area contributed by atoms with E-state index >= 15 is 0 Å². The first-order valence-electron chi connectivity index (χ1n) is 6.00. The maximum atomic E-state index is 12.0. The molecule has 0 fully saturated rings. The average Bonchev–Trinajstić information content (AvgIpc) is 2.49. The lowest BCUT2D eigenvalue weighted by atomic mass is 10.0. The Labute approximate surface area is 116 Å². The van der Waals surface area contributed by atoms with Gasteiger partial charge in [0.1, 0.15) is 11.6 Å². The predicted octanol–water partition coefficient (Wildman–Crippen LogP) is 1.85. The molecule has 0 saturated heterocycles. The third kappa shape index (κ3) is 2.64. The van der Waals surface area contributed by atoms with Crippen molar-refractivity contribution in [1.29, 1.82) is 5.26 Å². The Morgan fingerprint density at radius 3 is 2.60 bits per heavy atom. The summed E-state index contributed by atoms with van der Waals surface area (Å²) in [4.78, 5) is 14.8. The molecule has 0 unspecified atom stereocenters. The van der Waals surface area contributed by atoms with Crippen LogP contribution in [0.25, 0.3) is 0 Å². The average molecular weight is 270 g/mol. The van der Waals surface area contributed by atoms with E-state index < -0.39 is 0 Å². The monoisotopic (exact) mass is 270 g/mol. The largest absolute Gasteiger partial charge is 0.493 e. The van der Waals surface area contributed by atoms with Crippen LogP contribution < -0.4 is 14.9 Å². The number of H-pyrrole nitrogens is 1. The zero-order chi connectivity index (χ0) is 14.5. The number of ether oxygens (including phenoxy) is 2. The number of nitriles is 1. The second kappa shape index (κ2) is 5.93. The van der Waals surface area contributed by atoms with Gasteiger partial charge in [0.15, 0.2) is 11.5 Å². The third-order valence-corrected chi connectivity index (χ3v) is 2.98. The molecule has 0 aliphatic carbocycles. The van der Waals surface area contributed by atoms with Crippen molar-refractivity contribution >= 4 is 0 Å². The number of hydrogen-bond donors (Lipinski definition) is 1. The highest BCUT2D eigenvalue weighted by molar-refractivity contribution is 5.44. The van der Waals surface area contributed by atoms with Gasteiger partial charge in [-0.2, -0.15) is 5.26 Å². The summed E-state index contributed by atoms with van der Waals surface area (Å²) in [6, 6.07) is 7.34. The van der Waals surface area contributed by atoms with Crippen molar-refractivity contribution in [2.24, 2.45) is 0 Å². The van der Waals surface area contributed by atoms with Crippen LogP contribution in [0.1, 0.15) is 16.7 Å². The molecule has 0 radical (unpaired) electrons. The molecule has 5 heteroatoms. The number of pyridine rings is 1. The van der Waals surface area contributed by atoms with Crippen LogP contribution in [-0.2, 0) is 6.42 Å². The minimum Gasteiger partial charge on any atom is -0.493 e. The van der Waals surface area contributed by atoms with E-state index in [4.69, 9.17) is 14.7 Å². The van der Waals surface area contributed by atoms with E-state index in [1.807, 2.05) is 18.2 Å². The molecule has 1 aromatic heterocycles. The number of aromatic amines is 1. The highest BCUT2D eigenvalue weighted by atomic mass is 16.5. The molecule has 102 valence electrons. The van der Waals surface area contributed by atoms with E-state index in [0.29, 0.717) is 23.5 Å². The molecule has 2 rings (SSSR count). The summed E-state index contributed by atoms with van der Waals surface area (Å²) < 4.78 is 10.4. The van der Waals surface area contributed by atoms with Crippen LogP contribution in [0.15, 0.2) is 35.4 Å². The number of benzene rings is 1. The predicted molar refractivity (Wildman–Crippen MR) is 74.1 cm³/mol. The van der Waals surface area contributed by atoms with Gasteiger partial charge in [0, 0.05) is 24.4 Å². The molecule has 0 aliphatic rings. The van der Waals surface area contributed by atoms with Gasteiger partial charge in [-0.25, -0.2) is 0 Å². The number of rotatable bonds is 4. The van der Waals surface area contributed by atoms with Gasteiger partial charge in [-0.15, -0.1) is 0 Å². The van der Waals surface area contributed by atoms with E-state index in [1.54, 1.807) is 26.5 Å². The van der Waals surface area contributed by atoms with E-state index in [9.17, 15) is 4.79 Å². The number of aromatic nitrogens is 1. The fourth-order valence-corrected chi connectivity index (χ4v) is 1.95. The highest BCUT2D eigenvalue weighted by Crippen LogP contribution is 2.28. The lowest BCUT2D eigenvalue weighted by Gasteiger charge is -2.09. The molecule has 0 spiro atoms. The Morgan fingerprint density at radius 1 is 1.20 bits per heavy atom. The van der Waals surface area contributed by atoms with Crippen LogP contribution in [0.2, 0.25) is 0 Å². The molecule has 1 N–H and O–H groups in total. The Hall–Kier alpha value is -2.74. The number of nitrogens with one attached hydrogen (secondary N) is 1. The summed E-state index contributed by atoms with van der Waals surface area (Å²) in [5.41, 5.74) is 1.31. The fraction of sp³-hybridized carbons (Fsp3) is 0.200. The highest BCUT2D eigenvalue weighted by Gasteiger charge is 2.09. The van der Waals surface area contributed by atoms with Crippen LogP contribution in [0.4, 0.5) is 0 Å². The lowest BCUT2D eigenvalue weighted by Crippen LogP contribution is -2.13. The number of methoxy groups -OCH3 is 2. The maximum absolute atomic E-state index is 12.0. The van der Waals surface area contributed by atoms with E-state index in [0.717, 1.165) is 5.56 Å². The Bertz CT molecular complexity index is 714.